The van der Waals surface area contributed by atoms with Crippen LogP contribution >= 0.6 is 0 Å². The largest absolute Gasteiger partial charge is 0.208 e. The van der Waals surface area contributed by atoms with Crippen LogP contribution in [0, 0.1) is 0 Å². The van der Waals surface area contributed by atoms with Gasteiger partial charge in [-0.2, -0.15) is 0 Å². The summed E-state index contributed by atoms with van der Waals surface area (Å²) in [7, 11) is 0. The van der Waals surface area contributed by atoms with Gasteiger partial charge in [-0.1, -0.05) is 224 Å². The first kappa shape index (κ1) is 36.1. The molecule has 0 radical (unpaired) electrons. The second-order valence-corrected chi connectivity index (χ2v) is 15.5. The van der Waals surface area contributed by atoms with Crippen LogP contribution < -0.4 is 0 Å². The number of fused-ring (bicyclic) bond motifs is 3. The van der Waals surface area contributed by atoms with Gasteiger partial charge in [0.2, 0.25) is 0 Å². The third-order valence-corrected chi connectivity index (χ3v) is 12.1. The van der Waals surface area contributed by atoms with Gasteiger partial charge >= 0.3 is 0 Å². The van der Waals surface area contributed by atoms with Crippen LogP contribution in [0.4, 0.5) is 0 Å². The molecular weight excluding hydrogens is 739 g/mol. The smallest absolute Gasteiger partial charge is 0.164 e. The number of hydrogen-bond donors (Lipinski definition) is 0. The molecule has 1 aliphatic carbocycles. The van der Waals surface area contributed by atoms with Crippen LogP contribution in [-0.2, 0) is 5.41 Å². The minimum absolute atomic E-state index is 0.513. The van der Waals surface area contributed by atoms with Crippen molar-refractivity contribution in [2.45, 2.75) is 5.41 Å². The highest BCUT2D eigenvalue weighted by atomic mass is 15.0. The quantitative estimate of drug-likeness (QED) is 0.154. The third-order valence-electron chi connectivity index (χ3n) is 12.1. The van der Waals surface area contributed by atoms with Gasteiger partial charge in [0.1, 0.15) is 0 Å². The molecular formula is C58H39N3. The summed E-state index contributed by atoms with van der Waals surface area (Å²) < 4.78 is 0. The van der Waals surface area contributed by atoms with Gasteiger partial charge in [-0.25, -0.2) is 15.0 Å². The molecule has 1 heterocycles. The van der Waals surface area contributed by atoms with Gasteiger partial charge in [0, 0.05) is 16.7 Å². The predicted octanol–water partition coefficient (Wildman–Crippen LogP) is 14.2. The van der Waals surface area contributed by atoms with Gasteiger partial charge in [-0.3, -0.25) is 0 Å². The lowest BCUT2D eigenvalue weighted by atomic mass is 9.67. The average molecular weight is 778 g/mol. The first-order chi connectivity index (χ1) is 30.2. The summed E-state index contributed by atoms with van der Waals surface area (Å²) in [4.78, 5) is 15.0. The second-order valence-electron chi connectivity index (χ2n) is 15.5. The molecule has 0 fully saturated rings. The maximum Gasteiger partial charge on any atom is 0.164 e. The number of benzene rings is 9. The van der Waals surface area contributed by atoms with E-state index >= 15 is 0 Å². The molecule has 0 saturated carbocycles. The Balaban J connectivity index is 1.11. The standard InChI is InChI=1S/C58H39N3/c1-6-18-40(19-7-1)41-30-32-43(33-31-41)51-39-54-52(49-28-16-17-29-53(49)58(54,47-24-12-4-13-25-47)48-26-14-5-15-27-48)38-50(51)42-34-36-46(37-35-42)57-60-55(44-20-8-2-9-21-44)59-56(61-57)45-22-10-3-11-23-45/h1-39H. The van der Waals surface area contributed by atoms with E-state index in [1.807, 2.05) is 60.7 Å². The highest BCUT2D eigenvalue weighted by molar-refractivity contribution is 5.95. The highest BCUT2D eigenvalue weighted by Gasteiger charge is 2.46. The first-order valence-electron chi connectivity index (χ1n) is 20.8. The third kappa shape index (κ3) is 6.35. The Labute approximate surface area is 356 Å². The molecule has 0 N–H and O–H groups in total. The van der Waals surface area contributed by atoms with Crippen molar-refractivity contribution in [2.24, 2.45) is 0 Å². The Hall–Kier alpha value is -8.01. The van der Waals surface area contributed by atoms with Crippen LogP contribution in [0.25, 0.3) is 78.7 Å². The summed E-state index contributed by atoms with van der Waals surface area (Å²) in [5.74, 6) is 1.93. The fourth-order valence-electron chi connectivity index (χ4n) is 9.17. The summed E-state index contributed by atoms with van der Waals surface area (Å²) in [5.41, 5.74) is 16.9. The van der Waals surface area contributed by atoms with E-state index in [-0.39, 0.29) is 0 Å². The lowest BCUT2D eigenvalue weighted by Crippen LogP contribution is -2.28. The first-order valence-corrected chi connectivity index (χ1v) is 20.8. The van der Waals surface area contributed by atoms with Crippen molar-refractivity contribution in [2.75, 3.05) is 0 Å². The number of hydrogen-bond acceptors (Lipinski definition) is 3. The van der Waals surface area contributed by atoms with E-state index in [2.05, 4.69) is 176 Å². The van der Waals surface area contributed by atoms with Crippen LogP contribution in [-0.4, -0.2) is 15.0 Å². The predicted molar refractivity (Wildman–Crippen MR) is 250 cm³/mol. The summed E-state index contributed by atoms with van der Waals surface area (Å²) in [6.45, 7) is 0. The molecule has 0 saturated heterocycles. The molecule has 286 valence electrons. The monoisotopic (exact) mass is 777 g/mol. The van der Waals surface area contributed by atoms with Crippen molar-refractivity contribution < 1.29 is 0 Å². The van der Waals surface area contributed by atoms with E-state index in [9.17, 15) is 0 Å². The second kappa shape index (κ2) is 15.3. The Morgan fingerprint density at radius 3 is 1.07 bits per heavy atom. The molecule has 0 spiro atoms. The van der Waals surface area contributed by atoms with E-state index in [1.54, 1.807) is 0 Å². The van der Waals surface area contributed by atoms with Gasteiger partial charge in [0.05, 0.1) is 5.41 Å². The normalized spacial score (nSPS) is 12.4. The zero-order chi connectivity index (χ0) is 40.6. The Morgan fingerprint density at radius 2 is 0.574 bits per heavy atom. The summed E-state index contributed by atoms with van der Waals surface area (Å²) in [6, 6.07) is 84.5. The van der Waals surface area contributed by atoms with Gasteiger partial charge < -0.3 is 0 Å². The fraction of sp³-hybridized carbons (Fsp3) is 0.0172. The van der Waals surface area contributed by atoms with Gasteiger partial charge in [-0.05, 0) is 78.9 Å². The molecule has 3 nitrogen and oxygen atoms in total. The lowest BCUT2D eigenvalue weighted by Gasteiger charge is -2.34. The van der Waals surface area contributed by atoms with E-state index < -0.39 is 5.41 Å². The summed E-state index contributed by atoms with van der Waals surface area (Å²) >= 11 is 0. The van der Waals surface area contributed by atoms with Crippen molar-refractivity contribution in [3.05, 3.63) is 259 Å². The molecule has 0 atom stereocenters. The highest BCUT2D eigenvalue weighted by Crippen LogP contribution is 2.58. The zero-order valence-electron chi connectivity index (χ0n) is 33.4. The van der Waals surface area contributed by atoms with Crippen molar-refractivity contribution in [3.8, 4) is 78.7 Å². The SMILES string of the molecule is c1ccc(-c2ccc(-c3cc4c(cc3-c3ccc(-c5nc(-c6ccccc6)nc(-c6ccccc6)n5)cc3)-c3ccccc3C4(c3ccccc3)c3ccccc3)cc2)cc1. The fourth-order valence-corrected chi connectivity index (χ4v) is 9.17. The lowest BCUT2D eigenvalue weighted by molar-refractivity contribution is 0.769. The van der Waals surface area contributed by atoms with Crippen molar-refractivity contribution in [3.63, 3.8) is 0 Å². The number of nitrogens with zero attached hydrogens (tertiary/aromatic N) is 3. The van der Waals surface area contributed by atoms with Gasteiger partial charge in [0.25, 0.3) is 0 Å². The topological polar surface area (TPSA) is 38.7 Å². The molecule has 1 aromatic heterocycles. The molecule has 1 aliphatic rings. The minimum Gasteiger partial charge on any atom is -0.208 e. The molecule has 0 aliphatic heterocycles. The molecule has 0 bridgehead atoms. The number of rotatable bonds is 8. The molecule has 11 rings (SSSR count). The summed E-state index contributed by atoms with van der Waals surface area (Å²) in [6.07, 6.45) is 0. The molecule has 3 heteroatoms. The van der Waals surface area contributed by atoms with Crippen LogP contribution in [0.3, 0.4) is 0 Å². The van der Waals surface area contributed by atoms with E-state index in [0.29, 0.717) is 17.5 Å². The van der Waals surface area contributed by atoms with E-state index in [0.717, 1.165) is 33.4 Å². The van der Waals surface area contributed by atoms with Crippen molar-refractivity contribution >= 4 is 0 Å². The molecule has 0 unspecified atom stereocenters. The Kier molecular flexibility index (Phi) is 9.05. The molecule has 61 heavy (non-hydrogen) atoms. The van der Waals surface area contributed by atoms with Crippen LogP contribution in [0.2, 0.25) is 0 Å². The molecule has 0 amide bonds. The van der Waals surface area contributed by atoms with Crippen LogP contribution in [0.15, 0.2) is 237 Å². The van der Waals surface area contributed by atoms with Gasteiger partial charge in [0.15, 0.2) is 17.5 Å². The van der Waals surface area contributed by atoms with E-state index in [1.165, 1.54) is 50.1 Å². The molecule has 10 aromatic rings. The number of aromatic nitrogens is 3. The van der Waals surface area contributed by atoms with Crippen molar-refractivity contribution in [1.82, 2.24) is 15.0 Å². The Morgan fingerprint density at radius 1 is 0.230 bits per heavy atom. The average Bonchev–Trinajstić information content (AvgIpc) is 3.65. The molecule has 9 aromatic carbocycles. The minimum atomic E-state index is -0.513. The maximum atomic E-state index is 5.02. The zero-order valence-corrected chi connectivity index (χ0v) is 33.4. The maximum absolute atomic E-state index is 5.02. The van der Waals surface area contributed by atoms with E-state index in [4.69, 9.17) is 15.0 Å². The van der Waals surface area contributed by atoms with Crippen molar-refractivity contribution in [1.29, 1.82) is 0 Å². The van der Waals surface area contributed by atoms with Crippen LogP contribution in [0.5, 0.6) is 0 Å². The van der Waals surface area contributed by atoms with Gasteiger partial charge in [-0.15, -0.1) is 0 Å². The van der Waals surface area contributed by atoms with Crippen LogP contribution in [0.1, 0.15) is 22.3 Å². The summed E-state index contributed by atoms with van der Waals surface area (Å²) in [5, 5.41) is 0. The Bertz CT molecular complexity index is 3030.